The molecule has 1 fully saturated rings. The van der Waals surface area contributed by atoms with Crippen LogP contribution in [-0.4, -0.2) is 60.4 Å². The first-order valence-electron chi connectivity index (χ1n) is 8.30. The highest BCUT2D eigenvalue weighted by molar-refractivity contribution is 5.94. The highest BCUT2D eigenvalue weighted by Gasteiger charge is 2.26. The van der Waals surface area contributed by atoms with Crippen LogP contribution < -0.4 is 5.32 Å². The number of methoxy groups -OCH3 is 1. The number of nitrogens with zero attached hydrogens (tertiary/aromatic N) is 2. The highest BCUT2D eigenvalue weighted by Crippen LogP contribution is 2.17. The minimum absolute atomic E-state index is 0.0189. The third-order valence-electron chi connectivity index (χ3n) is 4.19. The molecule has 0 saturated carbocycles. The highest BCUT2D eigenvalue weighted by atomic mass is 16.5. The van der Waals surface area contributed by atoms with E-state index in [1.165, 1.54) is 0 Å². The summed E-state index contributed by atoms with van der Waals surface area (Å²) >= 11 is 0. The van der Waals surface area contributed by atoms with Crippen molar-refractivity contribution in [1.29, 1.82) is 0 Å². The number of rotatable bonds is 6. The fourth-order valence-electron chi connectivity index (χ4n) is 2.98. The van der Waals surface area contributed by atoms with E-state index < -0.39 is 0 Å². The minimum atomic E-state index is 0.0189. The molecule has 2 N–H and O–H groups in total. The maximum absolute atomic E-state index is 12.8. The van der Waals surface area contributed by atoms with E-state index in [0.29, 0.717) is 18.3 Å². The Hall–Kier alpha value is -1.66. The Morgan fingerprint density at radius 1 is 1.52 bits per heavy atom. The summed E-state index contributed by atoms with van der Waals surface area (Å²) in [6.07, 6.45) is 4.20. The van der Waals surface area contributed by atoms with Crippen molar-refractivity contribution in [3.05, 3.63) is 22.5 Å². The van der Waals surface area contributed by atoms with Gasteiger partial charge in [0.1, 0.15) is 0 Å². The molecular weight excluding hydrogens is 292 g/mol. The SMILES string of the molecule is CCCC1CN(C(=O)c2n[nH]c(/C=C(\C)COC)c2C)CCN1. The molecule has 23 heavy (non-hydrogen) atoms. The average molecular weight is 320 g/mol. The predicted octanol–water partition coefficient (Wildman–Crippen LogP) is 1.98. The van der Waals surface area contributed by atoms with Crippen molar-refractivity contribution in [3.8, 4) is 0 Å². The van der Waals surface area contributed by atoms with Crippen LogP contribution >= 0.6 is 0 Å². The molecule has 0 aromatic carbocycles. The minimum Gasteiger partial charge on any atom is -0.380 e. The molecule has 0 spiro atoms. The number of hydrogen-bond donors (Lipinski definition) is 2. The molecule has 0 aliphatic carbocycles. The van der Waals surface area contributed by atoms with Gasteiger partial charge in [0.15, 0.2) is 5.69 Å². The lowest BCUT2D eigenvalue weighted by Gasteiger charge is -2.33. The zero-order chi connectivity index (χ0) is 16.8. The van der Waals surface area contributed by atoms with Crippen molar-refractivity contribution in [2.24, 2.45) is 0 Å². The molecule has 6 heteroatoms. The van der Waals surface area contributed by atoms with E-state index in [2.05, 4.69) is 22.4 Å². The van der Waals surface area contributed by atoms with Crippen molar-refractivity contribution in [3.63, 3.8) is 0 Å². The summed E-state index contributed by atoms with van der Waals surface area (Å²) in [5.41, 5.74) is 3.39. The van der Waals surface area contributed by atoms with Crippen molar-refractivity contribution in [2.75, 3.05) is 33.4 Å². The van der Waals surface area contributed by atoms with Crippen LogP contribution in [0.4, 0.5) is 0 Å². The number of ether oxygens (including phenoxy) is 1. The van der Waals surface area contributed by atoms with E-state index in [4.69, 9.17) is 4.74 Å². The fourth-order valence-corrected chi connectivity index (χ4v) is 2.98. The molecule has 0 radical (unpaired) electrons. The molecule has 1 amide bonds. The average Bonchev–Trinajstić information content (AvgIpc) is 2.88. The van der Waals surface area contributed by atoms with Crippen LogP contribution in [0.15, 0.2) is 5.57 Å². The lowest BCUT2D eigenvalue weighted by atomic mass is 10.1. The van der Waals surface area contributed by atoms with Crippen LogP contribution in [0.5, 0.6) is 0 Å². The molecule has 2 heterocycles. The number of hydrogen-bond acceptors (Lipinski definition) is 4. The van der Waals surface area contributed by atoms with E-state index in [9.17, 15) is 4.79 Å². The molecule has 1 aliphatic heterocycles. The first-order chi connectivity index (χ1) is 11.1. The molecule has 1 aromatic rings. The van der Waals surface area contributed by atoms with Gasteiger partial charge in [0, 0.05) is 38.3 Å². The number of H-pyrrole nitrogens is 1. The molecule has 6 nitrogen and oxygen atoms in total. The Morgan fingerprint density at radius 2 is 2.30 bits per heavy atom. The third-order valence-corrected chi connectivity index (χ3v) is 4.19. The summed E-state index contributed by atoms with van der Waals surface area (Å²) in [6.45, 7) is 9.01. The van der Waals surface area contributed by atoms with Crippen LogP contribution in [-0.2, 0) is 4.74 Å². The summed E-state index contributed by atoms with van der Waals surface area (Å²) in [4.78, 5) is 14.7. The normalized spacial score (nSPS) is 19.2. The van der Waals surface area contributed by atoms with E-state index in [-0.39, 0.29) is 5.91 Å². The van der Waals surface area contributed by atoms with Crippen LogP contribution in [0.3, 0.4) is 0 Å². The third kappa shape index (κ3) is 4.42. The molecule has 0 bridgehead atoms. The lowest BCUT2D eigenvalue weighted by molar-refractivity contribution is 0.0692. The van der Waals surface area contributed by atoms with Gasteiger partial charge in [-0.1, -0.05) is 13.3 Å². The fraction of sp³-hybridized carbons (Fsp3) is 0.647. The Kier molecular flexibility index (Phi) is 6.36. The van der Waals surface area contributed by atoms with Crippen molar-refractivity contribution in [2.45, 2.75) is 39.7 Å². The van der Waals surface area contributed by atoms with Crippen LogP contribution in [0.25, 0.3) is 6.08 Å². The summed E-state index contributed by atoms with van der Waals surface area (Å²) in [6, 6.07) is 0.389. The van der Waals surface area contributed by atoms with Crippen molar-refractivity contribution < 1.29 is 9.53 Å². The monoisotopic (exact) mass is 320 g/mol. The number of carbonyl (C=O) groups is 1. The number of aromatic amines is 1. The van der Waals surface area contributed by atoms with Gasteiger partial charge in [-0.2, -0.15) is 5.10 Å². The maximum Gasteiger partial charge on any atom is 0.274 e. The quantitative estimate of drug-likeness (QED) is 0.841. The van der Waals surface area contributed by atoms with Crippen molar-refractivity contribution in [1.82, 2.24) is 20.4 Å². The van der Waals surface area contributed by atoms with Gasteiger partial charge in [0.2, 0.25) is 0 Å². The van der Waals surface area contributed by atoms with Crippen LogP contribution in [0.1, 0.15) is 48.4 Å². The smallest absolute Gasteiger partial charge is 0.274 e. The number of aromatic nitrogens is 2. The number of amides is 1. The first kappa shape index (κ1) is 17.7. The molecular formula is C17H28N4O2. The van der Waals surface area contributed by atoms with Gasteiger partial charge in [0.05, 0.1) is 12.3 Å². The van der Waals surface area contributed by atoms with Gasteiger partial charge in [-0.05, 0) is 31.9 Å². The topological polar surface area (TPSA) is 70.2 Å². The van der Waals surface area contributed by atoms with E-state index in [1.807, 2.05) is 24.8 Å². The summed E-state index contributed by atoms with van der Waals surface area (Å²) in [5, 5.41) is 10.7. The number of carbonyl (C=O) groups excluding carboxylic acids is 1. The molecule has 1 saturated heterocycles. The molecule has 1 unspecified atom stereocenters. The van der Waals surface area contributed by atoms with Crippen molar-refractivity contribution >= 4 is 12.0 Å². The predicted molar refractivity (Wildman–Crippen MR) is 91.5 cm³/mol. The van der Waals surface area contributed by atoms with E-state index >= 15 is 0 Å². The van der Waals surface area contributed by atoms with Gasteiger partial charge >= 0.3 is 0 Å². The molecule has 1 aliphatic rings. The first-order valence-corrected chi connectivity index (χ1v) is 8.30. The van der Waals surface area contributed by atoms with Crippen LogP contribution in [0.2, 0.25) is 0 Å². The second kappa shape index (κ2) is 8.26. The zero-order valence-corrected chi connectivity index (χ0v) is 14.6. The molecule has 1 aromatic heterocycles. The molecule has 1 atom stereocenters. The number of nitrogens with one attached hydrogen (secondary N) is 2. The summed E-state index contributed by atoms with van der Waals surface area (Å²) < 4.78 is 5.12. The second-order valence-corrected chi connectivity index (χ2v) is 6.23. The van der Waals surface area contributed by atoms with Gasteiger partial charge in [-0.15, -0.1) is 0 Å². The largest absolute Gasteiger partial charge is 0.380 e. The van der Waals surface area contributed by atoms with Gasteiger partial charge in [0.25, 0.3) is 5.91 Å². The summed E-state index contributed by atoms with van der Waals surface area (Å²) in [7, 11) is 1.67. The summed E-state index contributed by atoms with van der Waals surface area (Å²) in [5.74, 6) is 0.0189. The van der Waals surface area contributed by atoms with Crippen LogP contribution in [0, 0.1) is 6.92 Å². The van der Waals surface area contributed by atoms with Gasteiger partial charge in [-0.3, -0.25) is 9.89 Å². The Morgan fingerprint density at radius 3 is 3.00 bits per heavy atom. The molecule has 2 rings (SSSR count). The maximum atomic E-state index is 12.8. The Balaban J connectivity index is 2.11. The standard InChI is InChI=1S/C17H28N4O2/c1-5-6-14-10-21(8-7-18-14)17(22)16-13(3)15(19-20-16)9-12(2)11-23-4/h9,14,18H,5-8,10-11H2,1-4H3,(H,19,20)/b12-9+. The van der Waals surface area contributed by atoms with Gasteiger partial charge in [-0.25, -0.2) is 0 Å². The second-order valence-electron chi connectivity index (χ2n) is 6.23. The van der Waals surface area contributed by atoms with Gasteiger partial charge < -0.3 is 15.0 Å². The Labute approximate surface area is 138 Å². The lowest BCUT2D eigenvalue weighted by Crippen LogP contribution is -2.52. The Bertz CT molecular complexity index is 563. The molecule has 128 valence electrons. The van der Waals surface area contributed by atoms with E-state index in [1.54, 1.807) is 7.11 Å². The number of piperazine rings is 1. The zero-order valence-electron chi connectivity index (χ0n) is 14.6. The van der Waals surface area contributed by atoms with E-state index in [0.717, 1.165) is 49.3 Å².